The van der Waals surface area contributed by atoms with E-state index in [0.29, 0.717) is 24.6 Å². The molecule has 0 bridgehead atoms. The lowest BCUT2D eigenvalue weighted by Gasteiger charge is -2.08. The van der Waals surface area contributed by atoms with Crippen LogP contribution in [-0.4, -0.2) is 24.9 Å². The smallest absolute Gasteiger partial charge is 0.224 e. The first-order chi connectivity index (χ1) is 10.0. The highest BCUT2D eigenvalue weighted by Gasteiger charge is 2.06. The van der Waals surface area contributed by atoms with Crippen molar-refractivity contribution in [3.05, 3.63) is 35.4 Å². The number of amides is 2. The first-order valence-corrected chi connectivity index (χ1v) is 7.03. The standard InChI is InChI=1S/C16H21N3O2/c1-12(2)11-19-15(20)7-8-18-16(21)9-13-3-5-14(10-17)6-4-13/h3-6,12H,7-9,11H2,1-2H3,(H,18,21)(H,19,20). The van der Waals surface area contributed by atoms with E-state index in [9.17, 15) is 9.59 Å². The molecule has 0 fully saturated rings. The van der Waals surface area contributed by atoms with Crippen LogP contribution in [0.2, 0.25) is 0 Å². The summed E-state index contributed by atoms with van der Waals surface area (Å²) in [6.45, 7) is 5.04. The molecule has 0 aliphatic heterocycles. The number of nitriles is 1. The van der Waals surface area contributed by atoms with Crippen molar-refractivity contribution in [2.45, 2.75) is 26.7 Å². The van der Waals surface area contributed by atoms with E-state index >= 15 is 0 Å². The first kappa shape index (κ1) is 16.7. The van der Waals surface area contributed by atoms with Crippen molar-refractivity contribution in [2.24, 2.45) is 5.92 Å². The quantitative estimate of drug-likeness (QED) is 0.795. The number of carbonyl (C=O) groups is 2. The zero-order valence-corrected chi connectivity index (χ0v) is 12.5. The molecular weight excluding hydrogens is 266 g/mol. The van der Waals surface area contributed by atoms with Gasteiger partial charge in [0.05, 0.1) is 18.1 Å². The van der Waals surface area contributed by atoms with Crippen LogP contribution in [0.1, 0.15) is 31.4 Å². The van der Waals surface area contributed by atoms with Crippen molar-refractivity contribution in [1.82, 2.24) is 10.6 Å². The molecular formula is C16H21N3O2. The van der Waals surface area contributed by atoms with E-state index in [1.54, 1.807) is 24.3 Å². The monoisotopic (exact) mass is 287 g/mol. The molecule has 0 spiro atoms. The third kappa shape index (κ3) is 7.11. The number of hydrogen-bond donors (Lipinski definition) is 2. The number of nitrogens with one attached hydrogen (secondary N) is 2. The summed E-state index contributed by atoms with van der Waals surface area (Å²) in [4.78, 5) is 23.2. The fourth-order valence-corrected chi connectivity index (χ4v) is 1.67. The summed E-state index contributed by atoms with van der Waals surface area (Å²) in [5.41, 5.74) is 1.41. The molecule has 21 heavy (non-hydrogen) atoms. The molecule has 5 nitrogen and oxygen atoms in total. The summed E-state index contributed by atoms with van der Waals surface area (Å²) in [5, 5.41) is 14.2. The van der Waals surface area contributed by atoms with Crippen molar-refractivity contribution >= 4 is 11.8 Å². The van der Waals surface area contributed by atoms with E-state index < -0.39 is 0 Å². The molecule has 0 aliphatic rings. The second-order valence-electron chi connectivity index (χ2n) is 5.28. The van der Waals surface area contributed by atoms with Crippen molar-refractivity contribution in [3.8, 4) is 6.07 Å². The van der Waals surface area contributed by atoms with Gasteiger partial charge in [-0.2, -0.15) is 5.26 Å². The Morgan fingerprint density at radius 2 is 1.81 bits per heavy atom. The Morgan fingerprint density at radius 3 is 2.38 bits per heavy atom. The normalized spacial score (nSPS) is 10.0. The van der Waals surface area contributed by atoms with E-state index in [4.69, 9.17) is 5.26 Å². The summed E-state index contributed by atoms with van der Waals surface area (Å²) in [6.07, 6.45) is 0.533. The fraction of sp³-hybridized carbons (Fsp3) is 0.438. The minimum atomic E-state index is -0.128. The topological polar surface area (TPSA) is 82.0 Å². The lowest BCUT2D eigenvalue weighted by Crippen LogP contribution is -2.32. The minimum Gasteiger partial charge on any atom is -0.356 e. The number of benzene rings is 1. The molecule has 5 heteroatoms. The molecule has 0 saturated heterocycles. The molecule has 112 valence electrons. The Bertz CT molecular complexity index is 515. The van der Waals surface area contributed by atoms with Gasteiger partial charge in [-0.1, -0.05) is 26.0 Å². The minimum absolute atomic E-state index is 0.0534. The predicted octanol–water partition coefficient (Wildman–Crippen LogP) is 1.38. The highest BCUT2D eigenvalue weighted by molar-refractivity contribution is 5.80. The highest BCUT2D eigenvalue weighted by Crippen LogP contribution is 2.03. The van der Waals surface area contributed by atoms with Crippen LogP contribution in [0, 0.1) is 17.2 Å². The molecule has 2 N–H and O–H groups in total. The average Bonchev–Trinajstić information content (AvgIpc) is 2.46. The molecule has 0 heterocycles. The molecule has 1 aromatic rings. The Balaban J connectivity index is 2.24. The molecule has 2 amide bonds. The van der Waals surface area contributed by atoms with Crippen molar-refractivity contribution in [2.75, 3.05) is 13.1 Å². The van der Waals surface area contributed by atoms with Crippen molar-refractivity contribution in [3.63, 3.8) is 0 Å². The molecule has 1 aromatic carbocycles. The number of rotatable bonds is 7. The maximum atomic E-state index is 11.7. The summed E-state index contributed by atoms with van der Waals surface area (Å²) in [5.74, 6) is 0.235. The van der Waals surface area contributed by atoms with E-state index in [1.165, 1.54) is 0 Å². The molecule has 1 rings (SSSR count). The van der Waals surface area contributed by atoms with Crippen LogP contribution in [0.15, 0.2) is 24.3 Å². The zero-order valence-electron chi connectivity index (χ0n) is 12.5. The van der Waals surface area contributed by atoms with Gasteiger partial charge in [-0.25, -0.2) is 0 Å². The highest BCUT2D eigenvalue weighted by atomic mass is 16.2. The number of nitrogens with zero attached hydrogens (tertiary/aromatic N) is 1. The van der Waals surface area contributed by atoms with Crippen molar-refractivity contribution in [1.29, 1.82) is 5.26 Å². The second kappa shape index (κ2) is 8.75. The van der Waals surface area contributed by atoms with E-state index in [0.717, 1.165) is 5.56 Å². The van der Waals surface area contributed by atoms with Gasteiger partial charge in [-0.3, -0.25) is 9.59 Å². The van der Waals surface area contributed by atoms with E-state index in [1.807, 2.05) is 19.9 Å². The van der Waals surface area contributed by atoms with Crippen LogP contribution in [0.5, 0.6) is 0 Å². The lowest BCUT2D eigenvalue weighted by molar-refractivity contribution is -0.122. The zero-order chi connectivity index (χ0) is 15.7. The Kier molecular flexibility index (Phi) is 6.96. The predicted molar refractivity (Wildman–Crippen MR) is 80.3 cm³/mol. The SMILES string of the molecule is CC(C)CNC(=O)CCNC(=O)Cc1ccc(C#N)cc1. The van der Waals surface area contributed by atoms with Crippen molar-refractivity contribution < 1.29 is 9.59 Å². The van der Waals surface area contributed by atoms with Gasteiger partial charge in [0.25, 0.3) is 0 Å². The molecule has 0 atom stereocenters. The summed E-state index contributed by atoms with van der Waals surface area (Å²) in [6, 6.07) is 8.91. The molecule has 0 aliphatic carbocycles. The van der Waals surface area contributed by atoms with Gasteiger partial charge in [-0.15, -0.1) is 0 Å². The largest absolute Gasteiger partial charge is 0.356 e. The van der Waals surface area contributed by atoms with Gasteiger partial charge in [0.15, 0.2) is 0 Å². The molecule has 0 unspecified atom stereocenters. The number of hydrogen-bond acceptors (Lipinski definition) is 3. The van der Waals surface area contributed by atoms with E-state index in [-0.39, 0.29) is 24.7 Å². The fourth-order valence-electron chi connectivity index (χ4n) is 1.67. The van der Waals surface area contributed by atoms with Gasteiger partial charge < -0.3 is 10.6 Å². The first-order valence-electron chi connectivity index (χ1n) is 7.03. The van der Waals surface area contributed by atoms with Gasteiger partial charge in [-0.05, 0) is 23.6 Å². The van der Waals surface area contributed by atoms with Crippen LogP contribution < -0.4 is 10.6 Å². The van der Waals surface area contributed by atoms with Crippen LogP contribution >= 0.6 is 0 Å². The van der Waals surface area contributed by atoms with Crippen LogP contribution in [0.3, 0.4) is 0 Å². The Hall–Kier alpha value is -2.35. The van der Waals surface area contributed by atoms with Crippen LogP contribution in [0.4, 0.5) is 0 Å². The Morgan fingerprint density at radius 1 is 1.14 bits per heavy atom. The van der Waals surface area contributed by atoms with Gasteiger partial charge in [0.2, 0.25) is 11.8 Å². The summed E-state index contributed by atoms with van der Waals surface area (Å²) < 4.78 is 0. The summed E-state index contributed by atoms with van der Waals surface area (Å²) in [7, 11) is 0. The van der Waals surface area contributed by atoms with Crippen LogP contribution in [-0.2, 0) is 16.0 Å². The maximum Gasteiger partial charge on any atom is 0.224 e. The molecule has 0 radical (unpaired) electrons. The van der Waals surface area contributed by atoms with Gasteiger partial charge in [0.1, 0.15) is 0 Å². The molecule has 0 saturated carbocycles. The Labute approximate surface area is 125 Å². The lowest BCUT2D eigenvalue weighted by atomic mass is 10.1. The number of carbonyl (C=O) groups excluding carboxylic acids is 2. The van der Waals surface area contributed by atoms with Gasteiger partial charge >= 0.3 is 0 Å². The second-order valence-corrected chi connectivity index (χ2v) is 5.28. The van der Waals surface area contributed by atoms with E-state index in [2.05, 4.69) is 10.6 Å². The third-order valence-electron chi connectivity index (χ3n) is 2.83. The average molecular weight is 287 g/mol. The molecule has 0 aromatic heterocycles. The summed E-state index contributed by atoms with van der Waals surface area (Å²) >= 11 is 0. The van der Waals surface area contributed by atoms with Crippen LogP contribution in [0.25, 0.3) is 0 Å². The maximum absolute atomic E-state index is 11.7. The van der Waals surface area contributed by atoms with Gasteiger partial charge in [0, 0.05) is 19.5 Å². The third-order valence-corrected chi connectivity index (χ3v) is 2.83.